The molecular formula is C7H9BrN2O. The van der Waals surface area contributed by atoms with Gasteiger partial charge >= 0.3 is 0 Å². The maximum Gasteiger partial charge on any atom is 0.139 e. The van der Waals surface area contributed by atoms with Crippen LogP contribution in [0.2, 0.25) is 0 Å². The Hall–Kier alpha value is -0.610. The lowest BCUT2D eigenvalue weighted by Gasteiger charge is -2.05. The summed E-state index contributed by atoms with van der Waals surface area (Å²) in [7, 11) is 0. The molecule has 3 N–H and O–H groups in total. The number of halogens is 1. The summed E-state index contributed by atoms with van der Waals surface area (Å²) in [5.41, 5.74) is 6.05. The van der Waals surface area contributed by atoms with E-state index in [1.165, 1.54) is 0 Å². The lowest BCUT2D eigenvalue weighted by molar-refractivity contribution is 0.458. The first-order valence-corrected chi connectivity index (χ1v) is 4.00. The van der Waals surface area contributed by atoms with Crippen molar-refractivity contribution < 1.29 is 5.11 Å². The molecule has 0 saturated heterocycles. The molecule has 4 heteroatoms. The summed E-state index contributed by atoms with van der Waals surface area (Å²) in [5, 5.41) is 9.29. The highest BCUT2D eigenvalue weighted by Crippen LogP contribution is 2.23. The molecule has 0 aliphatic heterocycles. The normalized spacial score (nSPS) is 13.0. The molecule has 0 radical (unpaired) electrons. The van der Waals surface area contributed by atoms with Crippen LogP contribution in [-0.2, 0) is 0 Å². The number of aromatic hydroxyl groups is 1. The number of nitrogens with two attached hydrogens (primary N) is 1. The molecular weight excluding hydrogens is 208 g/mol. The Morgan fingerprint density at radius 2 is 2.36 bits per heavy atom. The van der Waals surface area contributed by atoms with Gasteiger partial charge in [-0.2, -0.15) is 0 Å². The van der Waals surface area contributed by atoms with E-state index in [9.17, 15) is 5.11 Å². The predicted octanol–water partition coefficient (Wildman–Crippen LogP) is 1.57. The first kappa shape index (κ1) is 8.49. The first-order valence-electron chi connectivity index (χ1n) is 3.21. The molecule has 0 spiro atoms. The van der Waals surface area contributed by atoms with Crippen molar-refractivity contribution in [1.82, 2.24) is 4.98 Å². The van der Waals surface area contributed by atoms with E-state index >= 15 is 0 Å². The Kier molecular flexibility index (Phi) is 2.46. The van der Waals surface area contributed by atoms with Gasteiger partial charge in [0, 0.05) is 16.7 Å². The Morgan fingerprint density at radius 1 is 1.73 bits per heavy atom. The zero-order chi connectivity index (χ0) is 8.43. The van der Waals surface area contributed by atoms with Crippen LogP contribution < -0.4 is 5.73 Å². The van der Waals surface area contributed by atoms with Crippen molar-refractivity contribution in [2.45, 2.75) is 13.0 Å². The zero-order valence-electron chi connectivity index (χ0n) is 6.08. The molecule has 0 saturated carbocycles. The Balaban J connectivity index is 3.09. The van der Waals surface area contributed by atoms with Gasteiger partial charge in [-0.1, -0.05) is 0 Å². The smallest absolute Gasteiger partial charge is 0.139 e. The second-order valence-corrected chi connectivity index (χ2v) is 3.26. The van der Waals surface area contributed by atoms with Gasteiger partial charge < -0.3 is 10.8 Å². The molecule has 0 bridgehead atoms. The summed E-state index contributed by atoms with van der Waals surface area (Å²) >= 11 is 3.18. The summed E-state index contributed by atoms with van der Waals surface area (Å²) in [6, 6.07) is 1.34. The van der Waals surface area contributed by atoms with Gasteiger partial charge in [0.25, 0.3) is 0 Å². The van der Waals surface area contributed by atoms with Gasteiger partial charge in [-0.15, -0.1) is 0 Å². The summed E-state index contributed by atoms with van der Waals surface area (Å²) in [5.74, 6) is 0.134. The van der Waals surface area contributed by atoms with E-state index in [-0.39, 0.29) is 11.8 Å². The molecule has 1 atom stereocenters. The summed E-state index contributed by atoms with van der Waals surface area (Å²) in [6.45, 7) is 1.77. The minimum absolute atomic E-state index is 0.134. The van der Waals surface area contributed by atoms with E-state index in [1.807, 2.05) is 0 Å². The van der Waals surface area contributed by atoms with E-state index in [4.69, 9.17) is 5.73 Å². The Bertz CT molecular complexity index is 263. The first-order chi connectivity index (χ1) is 5.11. The number of hydrogen-bond acceptors (Lipinski definition) is 3. The molecule has 1 aromatic heterocycles. The fraction of sp³-hybridized carbons (Fsp3) is 0.286. The Morgan fingerprint density at radius 3 is 2.82 bits per heavy atom. The number of hydrogen-bond donors (Lipinski definition) is 2. The van der Waals surface area contributed by atoms with E-state index in [2.05, 4.69) is 20.9 Å². The summed E-state index contributed by atoms with van der Waals surface area (Å²) in [4.78, 5) is 3.96. The van der Waals surface area contributed by atoms with Crippen LogP contribution in [0.25, 0.3) is 0 Å². The number of pyridine rings is 1. The molecule has 0 aromatic carbocycles. The quantitative estimate of drug-likeness (QED) is 0.750. The number of nitrogens with zero attached hydrogens (tertiary/aromatic N) is 1. The standard InChI is InChI=1S/C7H9BrN2O/c1-4(9)7-6(11)2-5(8)3-10-7/h2-4,11H,9H2,1H3/t4-/m0/s1. The highest BCUT2D eigenvalue weighted by molar-refractivity contribution is 9.10. The molecule has 1 heterocycles. The highest BCUT2D eigenvalue weighted by Gasteiger charge is 2.06. The third-order valence-electron chi connectivity index (χ3n) is 1.30. The summed E-state index contributed by atoms with van der Waals surface area (Å²) in [6.07, 6.45) is 1.61. The topological polar surface area (TPSA) is 59.1 Å². The lowest BCUT2D eigenvalue weighted by Crippen LogP contribution is -2.07. The molecule has 0 amide bonds. The molecule has 3 nitrogen and oxygen atoms in total. The number of rotatable bonds is 1. The molecule has 60 valence electrons. The van der Waals surface area contributed by atoms with Crippen LogP contribution >= 0.6 is 15.9 Å². The van der Waals surface area contributed by atoms with Crippen molar-refractivity contribution >= 4 is 15.9 Å². The average Bonchev–Trinajstić information content (AvgIpc) is 1.85. The van der Waals surface area contributed by atoms with Gasteiger partial charge in [0.1, 0.15) is 5.75 Å². The van der Waals surface area contributed by atoms with Gasteiger partial charge in [0.2, 0.25) is 0 Å². The van der Waals surface area contributed by atoms with Crippen molar-refractivity contribution in [1.29, 1.82) is 0 Å². The van der Waals surface area contributed by atoms with Gasteiger partial charge in [-0.05, 0) is 28.9 Å². The summed E-state index contributed by atoms with van der Waals surface area (Å²) < 4.78 is 0.749. The van der Waals surface area contributed by atoms with Crippen molar-refractivity contribution in [3.63, 3.8) is 0 Å². The molecule has 0 unspecified atom stereocenters. The minimum atomic E-state index is -0.233. The van der Waals surface area contributed by atoms with Crippen LogP contribution in [0.4, 0.5) is 0 Å². The minimum Gasteiger partial charge on any atom is -0.506 e. The highest BCUT2D eigenvalue weighted by atomic mass is 79.9. The molecule has 1 rings (SSSR count). The third kappa shape index (κ3) is 1.91. The van der Waals surface area contributed by atoms with E-state index in [1.54, 1.807) is 19.2 Å². The van der Waals surface area contributed by atoms with Crippen LogP contribution in [0, 0.1) is 0 Å². The maximum atomic E-state index is 9.29. The van der Waals surface area contributed by atoms with Gasteiger partial charge in [0.05, 0.1) is 5.69 Å². The second kappa shape index (κ2) is 3.19. The van der Waals surface area contributed by atoms with Crippen LogP contribution in [0.1, 0.15) is 18.7 Å². The number of aromatic nitrogens is 1. The van der Waals surface area contributed by atoms with Gasteiger partial charge in [-0.3, -0.25) is 4.98 Å². The van der Waals surface area contributed by atoms with Gasteiger partial charge in [-0.25, -0.2) is 0 Å². The average molecular weight is 217 g/mol. The molecule has 11 heavy (non-hydrogen) atoms. The monoisotopic (exact) mass is 216 g/mol. The fourth-order valence-corrected chi connectivity index (χ4v) is 1.11. The van der Waals surface area contributed by atoms with Crippen molar-refractivity contribution in [3.05, 3.63) is 22.4 Å². The Labute approximate surface area is 73.4 Å². The zero-order valence-corrected chi connectivity index (χ0v) is 7.67. The largest absolute Gasteiger partial charge is 0.506 e. The lowest BCUT2D eigenvalue weighted by atomic mass is 10.2. The molecule has 0 fully saturated rings. The third-order valence-corrected chi connectivity index (χ3v) is 1.73. The molecule has 1 aromatic rings. The van der Waals surface area contributed by atoms with E-state index < -0.39 is 0 Å². The van der Waals surface area contributed by atoms with Crippen LogP contribution in [0.5, 0.6) is 5.75 Å². The van der Waals surface area contributed by atoms with Crippen LogP contribution in [0.3, 0.4) is 0 Å². The SMILES string of the molecule is C[C@H](N)c1ncc(Br)cc1O. The fourth-order valence-electron chi connectivity index (χ4n) is 0.790. The predicted molar refractivity (Wildman–Crippen MR) is 46.2 cm³/mol. The van der Waals surface area contributed by atoms with Crippen molar-refractivity contribution in [2.75, 3.05) is 0 Å². The van der Waals surface area contributed by atoms with Crippen LogP contribution in [-0.4, -0.2) is 10.1 Å². The van der Waals surface area contributed by atoms with E-state index in [0.29, 0.717) is 5.69 Å². The molecule has 0 aliphatic rings. The van der Waals surface area contributed by atoms with Crippen molar-refractivity contribution in [3.8, 4) is 5.75 Å². The maximum absolute atomic E-state index is 9.29. The van der Waals surface area contributed by atoms with E-state index in [0.717, 1.165) is 4.47 Å². The van der Waals surface area contributed by atoms with Crippen LogP contribution in [0.15, 0.2) is 16.7 Å². The van der Waals surface area contributed by atoms with Gasteiger partial charge in [0.15, 0.2) is 0 Å². The second-order valence-electron chi connectivity index (χ2n) is 2.35. The van der Waals surface area contributed by atoms with Crippen molar-refractivity contribution in [2.24, 2.45) is 5.73 Å². The molecule has 0 aliphatic carbocycles.